The van der Waals surface area contributed by atoms with Crippen LogP contribution in [0.1, 0.15) is 36.5 Å². The Morgan fingerprint density at radius 3 is 2.45 bits per heavy atom. The first-order valence-corrected chi connectivity index (χ1v) is 9.60. The summed E-state index contributed by atoms with van der Waals surface area (Å²) in [7, 11) is 0. The number of halogens is 4. The molecule has 2 heterocycles. The fourth-order valence-electron chi connectivity index (χ4n) is 4.05. The van der Waals surface area contributed by atoms with Gasteiger partial charge in [0.05, 0.1) is 11.3 Å². The van der Waals surface area contributed by atoms with Crippen LogP contribution in [0, 0.1) is 17.6 Å². The molecule has 8 heteroatoms. The predicted molar refractivity (Wildman–Crippen MR) is 101 cm³/mol. The maximum Gasteiger partial charge on any atom is 0.255 e. The fraction of sp³-hybridized carbons (Fsp3) is 0.429. The van der Waals surface area contributed by atoms with E-state index in [9.17, 15) is 22.4 Å². The molecule has 0 radical (unpaired) electrons. The number of nitrogens with one attached hydrogen (secondary N) is 1. The third-order valence-electron chi connectivity index (χ3n) is 5.50. The molecule has 4 rings (SSSR count). The van der Waals surface area contributed by atoms with E-state index in [4.69, 9.17) is 0 Å². The molecule has 1 aliphatic carbocycles. The van der Waals surface area contributed by atoms with Crippen molar-refractivity contribution in [3.05, 3.63) is 47.8 Å². The maximum absolute atomic E-state index is 13.8. The quantitative estimate of drug-likeness (QED) is 0.765. The molecule has 1 aromatic heterocycles. The summed E-state index contributed by atoms with van der Waals surface area (Å²) in [5.74, 6) is -4.32. The minimum atomic E-state index is -2.75. The first-order valence-electron chi connectivity index (χ1n) is 9.60. The Hall–Kier alpha value is -2.64. The van der Waals surface area contributed by atoms with Crippen molar-refractivity contribution in [1.29, 1.82) is 0 Å². The van der Waals surface area contributed by atoms with Crippen LogP contribution >= 0.6 is 0 Å². The fourth-order valence-corrected chi connectivity index (χ4v) is 4.05. The van der Waals surface area contributed by atoms with E-state index >= 15 is 0 Å². The summed E-state index contributed by atoms with van der Waals surface area (Å²) in [4.78, 5) is 19.0. The monoisotopic (exact) mass is 407 g/mol. The van der Waals surface area contributed by atoms with E-state index in [1.165, 1.54) is 24.5 Å². The van der Waals surface area contributed by atoms with Crippen LogP contribution in [0.5, 0.6) is 0 Å². The van der Waals surface area contributed by atoms with E-state index in [0.29, 0.717) is 30.3 Å². The lowest BCUT2D eigenvalue weighted by Gasteiger charge is -2.35. The van der Waals surface area contributed by atoms with E-state index in [1.54, 1.807) is 0 Å². The van der Waals surface area contributed by atoms with Gasteiger partial charge in [0.2, 0.25) is 0 Å². The van der Waals surface area contributed by atoms with Crippen molar-refractivity contribution >= 4 is 11.6 Å². The summed E-state index contributed by atoms with van der Waals surface area (Å²) in [5.41, 5.74) is 1.45. The number of aromatic nitrogens is 1. The van der Waals surface area contributed by atoms with Gasteiger partial charge < -0.3 is 10.2 Å². The zero-order chi connectivity index (χ0) is 20.8. The van der Waals surface area contributed by atoms with Crippen LogP contribution in [0.2, 0.25) is 0 Å². The van der Waals surface area contributed by atoms with Gasteiger partial charge in [-0.25, -0.2) is 17.6 Å². The van der Waals surface area contributed by atoms with Crippen molar-refractivity contribution in [1.82, 2.24) is 10.3 Å². The largest absolute Gasteiger partial charge is 0.370 e. The number of hydrogen-bond acceptors (Lipinski definition) is 3. The van der Waals surface area contributed by atoms with Crippen LogP contribution in [0.25, 0.3) is 11.1 Å². The molecule has 1 amide bonds. The van der Waals surface area contributed by atoms with Gasteiger partial charge in [-0.15, -0.1) is 0 Å². The van der Waals surface area contributed by atoms with Crippen molar-refractivity contribution in [3.63, 3.8) is 0 Å². The van der Waals surface area contributed by atoms with E-state index in [1.807, 2.05) is 4.90 Å². The van der Waals surface area contributed by atoms with Crippen LogP contribution in [0.3, 0.4) is 0 Å². The van der Waals surface area contributed by atoms with Gasteiger partial charge in [-0.3, -0.25) is 9.78 Å². The minimum absolute atomic E-state index is 0.219. The minimum Gasteiger partial charge on any atom is -0.370 e. The molecule has 1 aliphatic heterocycles. The summed E-state index contributed by atoms with van der Waals surface area (Å²) < 4.78 is 53.9. The highest BCUT2D eigenvalue weighted by molar-refractivity contribution is 6.03. The lowest BCUT2D eigenvalue weighted by Crippen LogP contribution is -2.50. The molecule has 29 heavy (non-hydrogen) atoms. The molecule has 1 atom stereocenters. The number of alkyl halides is 2. The molecule has 1 aromatic carbocycles. The number of carbonyl (C=O) groups excluding carboxylic acids is 1. The Kier molecular flexibility index (Phi) is 4.96. The molecule has 1 saturated carbocycles. The lowest BCUT2D eigenvalue weighted by atomic mass is 9.88. The molecule has 0 bridgehead atoms. The summed E-state index contributed by atoms with van der Waals surface area (Å²) in [6.45, 7) is 3.44. The highest BCUT2D eigenvalue weighted by atomic mass is 19.3. The van der Waals surface area contributed by atoms with Gasteiger partial charge in [0.25, 0.3) is 11.8 Å². The molecule has 0 unspecified atom stereocenters. The highest BCUT2D eigenvalue weighted by Crippen LogP contribution is 2.39. The number of pyridine rings is 1. The predicted octanol–water partition coefficient (Wildman–Crippen LogP) is 4.40. The van der Waals surface area contributed by atoms with E-state index in [0.717, 1.165) is 12.5 Å². The Morgan fingerprint density at radius 1 is 1.17 bits per heavy atom. The lowest BCUT2D eigenvalue weighted by molar-refractivity contribution is -0.0901. The molecule has 0 spiro atoms. The van der Waals surface area contributed by atoms with Crippen molar-refractivity contribution in [3.8, 4) is 11.1 Å². The SMILES string of the molecule is C[C@@H]1CCN(c2c(C(=O)NC3CC(F)(F)C3)cncc2-c2cc(F)cc(F)c2)C1. The van der Waals surface area contributed by atoms with Crippen molar-refractivity contribution in [2.45, 2.75) is 38.2 Å². The first-order chi connectivity index (χ1) is 13.7. The standard InChI is InChI=1S/C21H21F4N3O/c1-12-2-3-28(11-12)19-17(13-4-14(22)6-15(23)5-13)9-26-10-18(19)20(29)27-16-7-21(24,25)8-16/h4-6,9-10,12,16H,2-3,7-8,11H2,1H3,(H,27,29)/t12-/m1/s1. The smallest absolute Gasteiger partial charge is 0.255 e. The Labute approximate surface area is 165 Å². The summed E-state index contributed by atoms with van der Waals surface area (Å²) in [6.07, 6.45) is 2.98. The molecule has 2 fully saturated rings. The van der Waals surface area contributed by atoms with Crippen LogP contribution in [-0.4, -0.2) is 35.9 Å². The van der Waals surface area contributed by atoms with Crippen molar-refractivity contribution in [2.75, 3.05) is 18.0 Å². The summed E-state index contributed by atoms with van der Waals surface area (Å²) in [5, 5.41) is 2.63. The van der Waals surface area contributed by atoms with E-state index in [-0.39, 0.29) is 11.1 Å². The summed E-state index contributed by atoms with van der Waals surface area (Å²) in [6, 6.07) is 2.56. The van der Waals surface area contributed by atoms with Gasteiger partial charge in [0.1, 0.15) is 11.6 Å². The molecule has 2 aromatic rings. The zero-order valence-corrected chi connectivity index (χ0v) is 15.9. The molecular weight excluding hydrogens is 386 g/mol. The highest BCUT2D eigenvalue weighted by Gasteiger charge is 2.46. The van der Waals surface area contributed by atoms with Gasteiger partial charge in [-0.05, 0) is 30.0 Å². The van der Waals surface area contributed by atoms with Crippen LogP contribution in [0.15, 0.2) is 30.6 Å². The molecule has 4 nitrogen and oxygen atoms in total. The van der Waals surface area contributed by atoms with Gasteiger partial charge in [-0.2, -0.15) is 0 Å². The molecule has 1 saturated heterocycles. The Balaban J connectivity index is 1.74. The zero-order valence-electron chi connectivity index (χ0n) is 15.9. The average Bonchev–Trinajstić information content (AvgIpc) is 3.04. The summed E-state index contributed by atoms with van der Waals surface area (Å²) >= 11 is 0. The van der Waals surface area contributed by atoms with Crippen LogP contribution in [0.4, 0.5) is 23.2 Å². The number of carbonyl (C=O) groups is 1. The number of anilines is 1. The van der Waals surface area contributed by atoms with Crippen LogP contribution in [-0.2, 0) is 0 Å². The van der Waals surface area contributed by atoms with Crippen molar-refractivity contribution < 1.29 is 22.4 Å². The van der Waals surface area contributed by atoms with Gasteiger partial charge in [0, 0.05) is 56.0 Å². The Morgan fingerprint density at radius 2 is 1.86 bits per heavy atom. The van der Waals surface area contributed by atoms with Gasteiger partial charge in [0.15, 0.2) is 0 Å². The normalized spacial score (nSPS) is 21.1. The second-order valence-electron chi connectivity index (χ2n) is 8.02. The number of rotatable bonds is 4. The number of hydrogen-bond donors (Lipinski definition) is 1. The van der Waals surface area contributed by atoms with Crippen LogP contribution < -0.4 is 10.2 Å². The second kappa shape index (κ2) is 7.31. The number of benzene rings is 1. The number of amides is 1. The van der Waals surface area contributed by atoms with Gasteiger partial charge in [-0.1, -0.05) is 6.92 Å². The molecule has 154 valence electrons. The molecule has 2 aliphatic rings. The second-order valence-corrected chi connectivity index (χ2v) is 8.02. The van der Waals surface area contributed by atoms with E-state index < -0.39 is 42.3 Å². The Bertz CT molecular complexity index is 921. The topological polar surface area (TPSA) is 45.2 Å². The molecular formula is C21H21F4N3O. The van der Waals surface area contributed by atoms with Gasteiger partial charge >= 0.3 is 0 Å². The first kappa shape index (κ1) is 19.7. The maximum atomic E-state index is 13.8. The third-order valence-corrected chi connectivity index (χ3v) is 5.50. The van der Waals surface area contributed by atoms with Crippen molar-refractivity contribution in [2.24, 2.45) is 5.92 Å². The molecule has 1 N–H and O–H groups in total. The average molecular weight is 407 g/mol. The number of nitrogens with zero attached hydrogens (tertiary/aromatic N) is 2. The van der Waals surface area contributed by atoms with E-state index in [2.05, 4.69) is 17.2 Å². The third kappa shape index (κ3) is 4.06.